The summed E-state index contributed by atoms with van der Waals surface area (Å²) in [5.74, 6) is -0.460. The first-order valence-electron chi connectivity index (χ1n) is 5.63. The summed E-state index contributed by atoms with van der Waals surface area (Å²) in [7, 11) is 0. The Bertz CT molecular complexity index is 342. The lowest BCUT2D eigenvalue weighted by atomic mass is 9.91. The van der Waals surface area contributed by atoms with Gasteiger partial charge in [-0.1, -0.05) is 12.1 Å². The van der Waals surface area contributed by atoms with Gasteiger partial charge in [0.1, 0.15) is 11.5 Å². The molecule has 0 radical (unpaired) electrons. The highest BCUT2D eigenvalue weighted by Crippen LogP contribution is 2.31. The number of hydrogen-bond acceptors (Lipinski definition) is 1. The molecule has 0 saturated carbocycles. The molecule has 0 aromatic heterocycles. The van der Waals surface area contributed by atoms with Crippen LogP contribution in [0.25, 0.3) is 0 Å². The average Bonchev–Trinajstić information content (AvgIpc) is 2.16. The van der Waals surface area contributed by atoms with Crippen LogP contribution in [0.15, 0.2) is 18.2 Å². The summed E-state index contributed by atoms with van der Waals surface area (Å²) in [5.41, 5.74) is 4.70. The lowest BCUT2D eigenvalue weighted by Crippen LogP contribution is -2.15. The van der Waals surface area contributed by atoms with Gasteiger partial charge in [-0.05, 0) is 51.3 Å². The fourth-order valence-corrected chi connectivity index (χ4v) is 1.90. The quantitative estimate of drug-likeness (QED) is 0.767. The van der Waals surface area contributed by atoms with Gasteiger partial charge in [-0.15, -0.1) is 0 Å². The Hall–Kier alpha value is -0.960. The van der Waals surface area contributed by atoms with Gasteiger partial charge in [0.2, 0.25) is 0 Å². The maximum atomic E-state index is 13.9. The zero-order valence-electron chi connectivity index (χ0n) is 9.89. The fraction of sp³-hybridized carbons (Fsp3) is 0.538. The molecule has 0 spiro atoms. The van der Waals surface area contributed by atoms with Gasteiger partial charge in [-0.2, -0.15) is 0 Å². The number of benzene rings is 1. The van der Waals surface area contributed by atoms with Crippen molar-refractivity contribution < 1.29 is 8.78 Å². The predicted octanol–water partition coefficient (Wildman–Crippen LogP) is 3.31. The van der Waals surface area contributed by atoms with Crippen molar-refractivity contribution in [2.24, 2.45) is 5.73 Å². The normalized spacial score (nSPS) is 11.8. The zero-order valence-corrected chi connectivity index (χ0v) is 9.89. The molecule has 1 aromatic carbocycles. The van der Waals surface area contributed by atoms with Crippen LogP contribution in [0, 0.1) is 5.82 Å². The molecule has 3 heteroatoms. The molecule has 0 bridgehead atoms. The Labute approximate surface area is 95.7 Å². The maximum Gasteiger partial charge on any atom is 0.133 e. The van der Waals surface area contributed by atoms with E-state index in [1.54, 1.807) is 12.1 Å². The molecular formula is C13H19F2N. The first-order chi connectivity index (χ1) is 7.46. The molecule has 1 rings (SSSR count). The molecule has 0 unspecified atom stereocenters. The van der Waals surface area contributed by atoms with Gasteiger partial charge >= 0.3 is 0 Å². The Morgan fingerprint density at radius 1 is 1.25 bits per heavy atom. The molecule has 1 nitrogen and oxygen atoms in total. The minimum atomic E-state index is -1.64. The lowest BCUT2D eigenvalue weighted by molar-refractivity contribution is 0.212. The summed E-state index contributed by atoms with van der Waals surface area (Å²) in [4.78, 5) is 0. The van der Waals surface area contributed by atoms with E-state index in [1.807, 2.05) is 0 Å². The van der Waals surface area contributed by atoms with Crippen LogP contribution in [0.1, 0.15) is 37.8 Å². The molecule has 2 N–H and O–H groups in total. The van der Waals surface area contributed by atoms with Gasteiger partial charge in [0.25, 0.3) is 0 Å². The Balaban J connectivity index is 2.95. The van der Waals surface area contributed by atoms with Gasteiger partial charge in [-0.3, -0.25) is 0 Å². The summed E-state index contributed by atoms with van der Waals surface area (Å²) in [6, 6.07) is 4.72. The average molecular weight is 227 g/mol. The topological polar surface area (TPSA) is 26.0 Å². The molecule has 0 heterocycles. The number of alkyl halides is 1. The van der Waals surface area contributed by atoms with Crippen molar-refractivity contribution >= 4 is 0 Å². The van der Waals surface area contributed by atoms with Crippen molar-refractivity contribution in [3.63, 3.8) is 0 Å². The van der Waals surface area contributed by atoms with E-state index in [0.717, 1.165) is 18.4 Å². The van der Waals surface area contributed by atoms with Crippen LogP contribution in [0.2, 0.25) is 0 Å². The van der Waals surface area contributed by atoms with Gasteiger partial charge in [0.15, 0.2) is 0 Å². The van der Waals surface area contributed by atoms with Crippen LogP contribution < -0.4 is 5.73 Å². The van der Waals surface area contributed by atoms with Gasteiger partial charge in [0, 0.05) is 5.56 Å². The second kappa shape index (κ2) is 5.39. The summed E-state index contributed by atoms with van der Waals surface area (Å²) in [5, 5.41) is 0. The molecule has 0 saturated heterocycles. The molecule has 0 fully saturated rings. The fourth-order valence-electron chi connectivity index (χ4n) is 1.90. The zero-order chi connectivity index (χ0) is 12.2. The van der Waals surface area contributed by atoms with Crippen molar-refractivity contribution in [2.75, 3.05) is 6.54 Å². The van der Waals surface area contributed by atoms with Crippen LogP contribution in [0.5, 0.6) is 0 Å². The molecule has 0 aliphatic rings. The van der Waals surface area contributed by atoms with Gasteiger partial charge in [0.05, 0.1) is 0 Å². The monoisotopic (exact) mass is 227 g/mol. The minimum absolute atomic E-state index is 0.187. The molecule has 0 amide bonds. The van der Waals surface area contributed by atoms with Crippen molar-refractivity contribution in [3.8, 4) is 0 Å². The molecule has 16 heavy (non-hydrogen) atoms. The van der Waals surface area contributed by atoms with E-state index in [0.29, 0.717) is 13.0 Å². The highest BCUT2D eigenvalue weighted by atomic mass is 19.1. The maximum absolute atomic E-state index is 13.9. The van der Waals surface area contributed by atoms with Crippen LogP contribution in [0.3, 0.4) is 0 Å². The SMILES string of the molecule is CC(C)(F)c1c(F)cccc1CCCCN. The van der Waals surface area contributed by atoms with Gasteiger partial charge in [-0.25, -0.2) is 8.78 Å². The summed E-state index contributed by atoms with van der Waals surface area (Å²) >= 11 is 0. The molecular weight excluding hydrogens is 208 g/mol. The third-order valence-corrected chi connectivity index (χ3v) is 2.59. The van der Waals surface area contributed by atoms with Crippen molar-refractivity contribution in [2.45, 2.75) is 38.8 Å². The second-order valence-corrected chi connectivity index (χ2v) is 4.49. The molecule has 90 valence electrons. The minimum Gasteiger partial charge on any atom is -0.330 e. The summed E-state index contributed by atoms with van der Waals surface area (Å²) in [6.07, 6.45) is 2.42. The Morgan fingerprint density at radius 2 is 1.94 bits per heavy atom. The molecule has 0 atom stereocenters. The van der Waals surface area contributed by atoms with Crippen molar-refractivity contribution in [1.29, 1.82) is 0 Å². The van der Waals surface area contributed by atoms with Crippen LogP contribution in [0.4, 0.5) is 8.78 Å². The van der Waals surface area contributed by atoms with Crippen LogP contribution in [-0.2, 0) is 12.1 Å². The number of unbranched alkanes of at least 4 members (excludes halogenated alkanes) is 1. The summed E-state index contributed by atoms with van der Waals surface area (Å²) in [6.45, 7) is 3.39. The first-order valence-corrected chi connectivity index (χ1v) is 5.63. The molecule has 1 aromatic rings. The smallest absolute Gasteiger partial charge is 0.133 e. The van der Waals surface area contributed by atoms with E-state index in [2.05, 4.69) is 0 Å². The van der Waals surface area contributed by atoms with E-state index >= 15 is 0 Å². The van der Waals surface area contributed by atoms with Crippen LogP contribution in [-0.4, -0.2) is 6.54 Å². The first kappa shape index (κ1) is 13.1. The van der Waals surface area contributed by atoms with E-state index < -0.39 is 11.5 Å². The number of nitrogens with two attached hydrogens (primary N) is 1. The third kappa shape index (κ3) is 3.27. The van der Waals surface area contributed by atoms with E-state index in [1.165, 1.54) is 19.9 Å². The van der Waals surface area contributed by atoms with Crippen molar-refractivity contribution in [3.05, 3.63) is 35.1 Å². The second-order valence-electron chi connectivity index (χ2n) is 4.49. The highest BCUT2D eigenvalue weighted by molar-refractivity contribution is 5.33. The van der Waals surface area contributed by atoms with Gasteiger partial charge < -0.3 is 5.73 Å². The predicted molar refractivity (Wildman–Crippen MR) is 62.5 cm³/mol. The number of aryl methyl sites for hydroxylation is 1. The van der Waals surface area contributed by atoms with E-state index in [-0.39, 0.29) is 5.56 Å². The largest absolute Gasteiger partial charge is 0.330 e. The van der Waals surface area contributed by atoms with Crippen LogP contribution >= 0.6 is 0 Å². The standard InChI is InChI=1S/C13H19F2N/c1-13(2,15)12-10(6-3-4-9-16)7-5-8-11(12)14/h5,7-8H,3-4,6,9,16H2,1-2H3. The highest BCUT2D eigenvalue weighted by Gasteiger charge is 2.25. The number of rotatable bonds is 5. The molecule has 0 aliphatic heterocycles. The van der Waals surface area contributed by atoms with E-state index in [4.69, 9.17) is 5.73 Å². The summed E-state index contributed by atoms with van der Waals surface area (Å²) < 4.78 is 27.5. The third-order valence-electron chi connectivity index (χ3n) is 2.59. The number of hydrogen-bond donors (Lipinski definition) is 1. The molecule has 0 aliphatic carbocycles. The van der Waals surface area contributed by atoms with Crippen molar-refractivity contribution in [1.82, 2.24) is 0 Å². The Morgan fingerprint density at radius 3 is 2.50 bits per heavy atom. The Kier molecular flexibility index (Phi) is 4.42. The van der Waals surface area contributed by atoms with E-state index in [9.17, 15) is 8.78 Å². The number of halogens is 2. The lowest BCUT2D eigenvalue weighted by Gasteiger charge is -2.19.